The van der Waals surface area contributed by atoms with Crippen LogP contribution in [0.3, 0.4) is 0 Å². The Hall–Kier alpha value is -2.54. The van der Waals surface area contributed by atoms with E-state index < -0.39 is 16.1 Å². The van der Waals surface area contributed by atoms with Crippen LogP contribution >= 0.6 is 11.8 Å². The molecule has 0 heterocycles. The highest BCUT2D eigenvalue weighted by Gasteiger charge is 2.22. The number of aromatic carboxylic acids is 1. The molecule has 0 radical (unpaired) electrons. The summed E-state index contributed by atoms with van der Waals surface area (Å²) in [7, 11) is 1.52. The van der Waals surface area contributed by atoms with Crippen molar-refractivity contribution >= 4 is 17.7 Å². The van der Waals surface area contributed by atoms with E-state index in [0.717, 1.165) is 0 Å². The first-order chi connectivity index (χ1) is 11.0. The quantitative estimate of drug-likeness (QED) is 0.474. The van der Waals surface area contributed by atoms with Gasteiger partial charge in [-0.15, -0.1) is 11.8 Å². The summed E-state index contributed by atoms with van der Waals surface area (Å²) in [6.07, 6.45) is 0. The highest BCUT2D eigenvalue weighted by molar-refractivity contribution is 7.99. The van der Waals surface area contributed by atoms with E-state index in [1.807, 2.05) is 0 Å². The van der Waals surface area contributed by atoms with E-state index in [0.29, 0.717) is 16.2 Å². The summed E-state index contributed by atoms with van der Waals surface area (Å²) < 4.78 is 5.15. The van der Waals surface area contributed by atoms with Gasteiger partial charge in [-0.05, 0) is 29.8 Å². The monoisotopic (exact) mass is 333 g/mol. The van der Waals surface area contributed by atoms with Gasteiger partial charge in [-0.3, -0.25) is 10.1 Å². The van der Waals surface area contributed by atoms with Gasteiger partial charge in [0.1, 0.15) is 5.75 Å². The molecule has 0 spiro atoms. The van der Waals surface area contributed by atoms with Crippen molar-refractivity contribution in [2.24, 2.45) is 0 Å². The number of thioether (sulfide) groups is 1. The van der Waals surface area contributed by atoms with Crippen molar-refractivity contribution in [2.45, 2.75) is 10.1 Å². The number of methoxy groups -OCH3 is 1. The van der Waals surface area contributed by atoms with Crippen molar-refractivity contribution in [3.63, 3.8) is 0 Å². The third-order valence-electron chi connectivity index (χ3n) is 3.17. The molecular weight excluding hydrogens is 318 g/mol. The van der Waals surface area contributed by atoms with Gasteiger partial charge in [-0.25, -0.2) is 4.79 Å². The molecule has 120 valence electrons. The summed E-state index contributed by atoms with van der Waals surface area (Å²) in [6, 6.07) is 13.5. The van der Waals surface area contributed by atoms with Gasteiger partial charge in [0.2, 0.25) is 6.54 Å². The predicted molar refractivity (Wildman–Crippen MR) is 86.9 cm³/mol. The summed E-state index contributed by atoms with van der Waals surface area (Å²) in [5.74, 6) is -0.457. The zero-order chi connectivity index (χ0) is 16.8. The van der Waals surface area contributed by atoms with E-state index in [1.54, 1.807) is 42.5 Å². The van der Waals surface area contributed by atoms with E-state index in [2.05, 4.69) is 0 Å². The predicted octanol–water partition coefficient (Wildman–Crippen LogP) is 3.50. The second-order valence-corrected chi connectivity index (χ2v) is 5.94. The third kappa shape index (κ3) is 4.46. The lowest BCUT2D eigenvalue weighted by atomic mass is 10.1. The highest BCUT2D eigenvalue weighted by Crippen LogP contribution is 2.38. The van der Waals surface area contributed by atoms with Crippen LogP contribution in [0.4, 0.5) is 0 Å². The fraction of sp³-hybridized carbons (Fsp3) is 0.188. The molecule has 0 amide bonds. The number of nitrogens with zero attached hydrogens (tertiary/aromatic N) is 1. The van der Waals surface area contributed by atoms with Crippen LogP contribution in [0.15, 0.2) is 53.4 Å². The van der Waals surface area contributed by atoms with E-state index in [4.69, 9.17) is 4.74 Å². The maximum atomic E-state index is 11.3. The number of hydrogen-bond donors (Lipinski definition) is 1. The first-order valence-electron chi connectivity index (χ1n) is 6.76. The fourth-order valence-corrected chi connectivity index (χ4v) is 3.31. The number of rotatable bonds is 7. The minimum atomic E-state index is -1.06. The zero-order valence-corrected chi connectivity index (χ0v) is 13.2. The van der Waals surface area contributed by atoms with Crippen molar-refractivity contribution < 1.29 is 19.6 Å². The molecule has 2 rings (SSSR count). The zero-order valence-electron chi connectivity index (χ0n) is 12.3. The van der Waals surface area contributed by atoms with Crippen LogP contribution in [0.5, 0.6) is 5.75 Å². The Balaban J connectivity index is 2.36. The molecule has 23 heavy (non-hydrogen) atoms. The van der Waals surface area contributed by atoms with Crippen LogP contribution in [0.1, 0.15) is 21.2 Å². The van der Waals surface area contributed by atoms with Crippen LogP contribution < -0.4 is 4.74 Å². The van der Waals surface area contributed by atoms with Crippen molar-refractivity contribution in [3.05, 3.63) is 69.8 Å². The summed E-state index contributed by atoms with van der Waals surface area (Å²) in [4.78, 5) is 22.4. The Morgan fingerprint density at radius 2 is 2.04 bits per heavy atom. The molecule has 0 aliphatic carbocycles. The highest BCUT2D eigenvalue weighted by atomic mass is 32.2. The lowest BCUT2D eigenvalue weighted by Gasteiger charge is -2.15. The number of benzene rings is 2. The maximum Gasteiger partial charge on any atom is 0.336 e. The molecule has 0 aliphatic heterocycles. The van der Waals surface area contributed by atoms with Gasteiger partial charge < -0.3 is 9.84 Å². The Morgan fingerprint density at radius 1 is 1.30 bits per heavy atom. The van der Waals surface area contributed by atoms with Gasteiger partial charge in [0.15, 0.2) is 0 Å². The van der Waals surface area contributed by atoms with Gasteiger partial charge in [0, 0.05) is 9.82 Å². The van der Waals surface area contributed by atoms with Gasteiger partial charge in [-0.1, -0.05) is 24.3 Å². The Bertz CT molecular complexity index is 719. The number of hydrogen-bond acceptors (Lipinski definition) is 5. The normalized spacial score (nSPS) is 11.7. The molecule has 0 fully saturated rings. The molecule has 6 nitrogen and oxygen atoms in total. The summed E-state index contributed by atoms with van der Waals surface area (Å²) in [5, 5.41) is 19.7. The summed E-state index contributed by atoms with van der Waals surface area (Å²) >= 11 is 1.17. The number of carboxylic acids is 1. The molecule has 1 atom stereocenters. The molecule has 2 aromatic carbocycles. The minimum Gasteiger partial charge on any atom is -0.497 e. The van der Waals surface area contributed by atoms with E-state index in [1.165, 1.54) is 24.9 Å². The first kappa shape index (κ1) is 16.8. The molecule has 0 aromatic heterocycles. The molecule has 0 bridgehead atoms. The average Bonchev–Trinajstić information content (AvgIpc) is 2.54. The fourth-order valence-electron chi connectivity index (χ4n) is 2.09. The molecule has 0 saturated carbocycles. The van der Waals surface area contributed by atoms with Crippen LogP contribution in [-0.2, 0) is 0 Å². The third-order valence-corrected chi connectivity index (χ3v) is 4.48. The average molecular weight is 333 g/mol. The number of nitro groups is 1. The van der Waals surface area contributed by atoms with Gasteiger partial charge in [0.05, 0.1) is 17.9 Å². The van der Waals surface area contributed by atoms with E-state index in [9.17, 15) is 20.0 Å². The first-order valence-corrected chi connectivity index (χ1v) is 7.64. The second kappa shape index (κ2) is 7.64. The van der Waals surface area contributed by atoms with Crippen molar-refractivity contribution in [1.29, 1.82) is 0 Å². The lowest BCUT2D eigenvalue weighted by molar-refractivity contribution is -0.479. The van der Waals surface area contributed by atoms with Crippen LogP contribution in [0, 0.1) is 10.1 Å². The van der Waals surface area contributed by atoms with Crippen LogP contribution in [0.2, 0.25) is 0 Å². The SMILES string of the molecule is COc1cccc(C(C[N+](=O)[O-])Sc2ccccc2C(=O)O)c1. The van der Waals surface area contributed by atoms with Crippen molar-refractivity contribution in [2.75, 3.05) is 13.7 Å². The van der Waals surface area contributed by atoms with Crippen LogP contribution in [-0.4, -0.2) is 29.7 Å². The number of carboxylic acid groups (broad SMARTS) is 1. The topological polar surface area (TPSA) is 89.7 Å². The Labute approximate surface area is 137 Å². The molecule has 7 heteroatoms. The Morgan fingerprint density at radius 3 is 2.70 bits per heavy atom. The van der Waals surface area contributed by atoms with Crippen LogP contribution in [0.25, 0.3) is 0 Å². The molecule has 0 aliphatic rings. The smallest absolute Gasteiger partial charge is 0.336 e. The summed E-state index contributed by atoms with van der Waals surface area (Å²) in [6.45, 7) is -0.314. The Kier molecular flexibility index (Phi) is 5.59. The minimum absolute atomic E-state index is 0.133. The van der Waals surface area contributed by atoms with Crippen molar-refractivity contribution in [1.82, 2.24) is 0 Å². The van der Waals surface area contributed by atoms with Gasteiger partial charge in [-0.2, -0.15) is 0 Å². The van der Waals surface area contributed by atoms with E-state index in [-0.39, 0.29) is 12.1 Å². The van der Waals surface area contributed by atoms with E-state index >= 15 is 0 Å². The number of carbonyl (C=O) groups is 1. The lowest BCUT2D eigenvalue weighted by Crippen LogP contribution is -2.10. The maximum absolute atomic E-state index is 11.3. The summed E-state index contributed by atoms with van der Waals surface area (Å²) in [5.41, 5.74) is 0.847. The second-order valence-electron chi connectivity index (χ2n) is 4.70. The molecular formula is C16H15NO5S. The van der Waals surface area contributed by atoms with Gasteiger partial charge >= 0.3 is 5.97 Å². The largest absolute Gasteiger partial charge is 0.497 e. The molecule has 0 saturated heterocycles. The molecule has 1 unspecified atom stereocenters. The molecule has 1 N–H and O–H groups in total. The standard InChI is InChI=1S/C16H15NO5S/c1-22-12-6-4-5-11(9-12)15(10-17(20)21)23-14-8-3-2-7-13(14)16(18)19/h2-9,15H,10H2,1H3,(H,18,19). The molecule has 2 aromatic rings. The van der Waals surface area contributed by atoms with Crippen molar-refractivity contribution in [3.8, 4) is 5.75 Å². The number of ether oxygens (including phenoxy) is 1. The van der Waals surface area contributed by atoms with Gasteiger partial charge in [0.25, 0.3) is 0 Å².